The summed E-state index contributed by atoms with van der Waals surface area (Å²) in [5.41, 5.74) is 4.68. The van der Waals surface area contributed by atoms with E-state index in [1.807, 2.05) is 17.0 Å². The molecule has 1 aromatic carbocycles. The molecule has 3 heterocycles. The van der Waals surface area contributed by atoms with Crippen molar-refractivity contribution in [3.05, 3.63) is 53.9 Å². The normalized spacial score (nSPS) is 15.6. The Labute approximate surface area is 174 Å². The number of aromatic nitrogens is 4. The van der Waals surface area contributed by atoms with Crippen LogP contribution in [0.25, 0.3) is 11.4 Å². The average Bonchev–Trinajstić information content (AvgIpc) is 3.37. The predicted molar refractivity (Wildman–Crippen MR) is 114 cm³/mol. The fourth-order valence-corrected chi connectivity index (χ4v) is 4.76. The fraction of sp³-hybridized carbons (Fsp3) is 0.364. The van der Waals surface area contributed by atoms with Crippen LogP contribution in [0.5, 0.6) is 0 Å². The Balaban J connectivity index is 1.33. The van der Waals surface area contributed by atoms with Crippen LogP contribution in [0.2, 0.25) is 0 Å². The van der Waals surface area contributed by atoms with Crippen LogP contribution in [-0.4, -0.2) is 38.0 Å². The molecule has 3 aromatic rings. The molecular formula is C22H23N5OS. The van der Waals surface area contributed by atoms with Gasteiger partial charge in [-0.3, -0.25) is 14.3 Å². The van der Waals surface area contributed by atoms with Crippen molar-refractivity contribution in [2.45, 2.75) is 43.8 Å². The molecule has 1 amide bonds. The number of aryl methyl sites for hydroxylation is 1. The summed E-state index contributed by atoms with van der Waals surface area (Å²) in [7, 11) is 0. The number of fused-ring (bicyclic) bond motifs is 1. The van der Waals surface area contributed by atoms with E-state index < -0.39 is 0 Å². The van der Waals surface area contributed by atoms with Gasteiger partial charge in [0.05, 0.1) is 5.75 Å². The number of carbonyl (C=O) groups is 1. The van der Waals surface area contributed by atoms with Gasteiger partial charge in [-0.25, -0.2) is 0 Å². The van der Waals surface area contributed by atoms with E-state index in [0.29, 0.717) is 11.8 Å². The predicted octanol–water partition coefficient (Wildman–Crippen LogP) is 3.92. The van der Waals surface area contributed by atoms with E-state index in [1.54, 1.807) is 12.4 Å². The van der Waals surface area contributed by atoms with Crippen molar-refractivity contribution < 1.29 is 4.79 Å². The van der Waals surface area contributed by atoms with Crippen LogP contribution in [-0.2, 0) is 17.6 Å². The second-order valence-electron chi connectivity index (χ2n) is 7.54. The van der Waals surface area contributed by atoms with Crippen LogP contribution in [0.1, 0.15) is 36.9 Å². The molecule has 0 atom stereocenters. The maximum Gasteiger partial charge on any atom is 0.237 e. The first-order valence-corrected chi connectivity index (χ1v) is 11.1. The molecule has 2 aromatic heterocycles. The topological polar surface area (TPSA) is 63.9 Å². The molecule has 0 unspecified atom stereocenters. The van der Waals surface area contributed by atoms with Crippen molar-refractivity contribution in [1.29, 1.82) is 0 Å². The van der Waals surface area contributed by atoms with Crippen molar-refractivity contribution in [2.75, 3.05) is 17.2 Å². The van der Waals surface area contributed by atoms with Gasteiger partial charge in [0.25, 0.3) is 0 Å². The minimum Gasteiger partial charge on any atom is -0.311 e. The SMILES string of the molecule is CCc1ccc2c(c1)CCN2C(=O)CSc1nnc(-c2ccncc2)n1C1CC1. The first-order chi connectivity index (χ1) is 14.2. The maximum absolute atomic E-state index is 12.9. The lowest BCUT2D eigenvalue weighted by molar-refractivity contribution is -0.116. The molecule has 5 rings (SSSR count). The number of carbonyl (C=O) groups excluding carboxylic acids is 1. The summed E-state index contributed by atoms with van der Waals surface area (Å²) in [6.45, 7) is 2.92. The summed E-state index contributed by atoms with van der Waals surface area (Å²) in [5.74, 6) is 1.37. The molecule has 0 N–H and O–H groups in total. The summed E-state index contributed by atoms with van der Waals surface area (Å²) in [4.78, 5) is 19.0. The molecule has 7 heteroatoms. The number of amides is 1. The number of nitrogens with zero attached hydrogens (tertiary/aromatic N) is 5. The summed E-state index contributed by atoms with van der Waals surface area (Å²) < 4.78 is 2.19. The number of anilines is 1. The highest BCUT2D eigenvalue weighted by Gasteiger charge is 2.31. The maximum atomic E-state index is 12.9. The number of benzene rings is 1. The lowest BCUT2D eigenvalue weighted by Gasteiger charge is -2.17. The molecular weight excluding hydrogens is 382 g/mol. The standard InChI is InChI=1S/C22H23N5OS/c1-2-15-3-6-19-17(13-15)9-12-26(19)20(28)14-29-22-25-24-21(27(22)18-4-5-18)16-7-10-23-11-8-16/h3,6-8,10-11,13,18H,2,4-5,9,12,14H2,1H3. The van der Waals surface area contributed by atoms with Crippen molar-refractivity contribution in [1.82, 2.24) is 19.7 Å². The molecule has 1 aliphatic heterocycles. The monoisotopic (exact) mass is 405 g/mol. The highest BCUT2D eigenvalue weighted by atomic mass is 32.2. The van der Waals surface area contributed by atoms with Crippen molar-refractivity contribution in [2.24, 2.45) is 0 Å². The Hall–Kier alpha value is -2.67. The van der Waals surface area contributed by atoms with Gasteiger partial charge in [-0.1, -0.05) is 30.8 Å². The van der Waals surface area contributed by atoms with Crippen LogP contribution >= 0.6 is 11.8 Å². The molecule has 1 aliphatic carbocycles. The third kappa shape index (κ3) is 3.55. The molecule has 0 spiro atoms. The summed E-state index contributed by atoms with van der Waals surface area (Å²) in [6.07, 6.45) is 7.77. The van der Waals surface area contributed by atoms with Gasteiger partial charge in [-0.15, -0.1) is 10.2 Å². The Kier molecular flexibility index (Phi) is 4.83. The van der Waals surface area contributed by atoms with E-state index in [1.165, 1.54) is 22.9 Å². The molecule has 0 radical (unpaired) electrons. The van der Waals surface area contributed by atoms with Crippen LogP contribution in [0.4, 0.5) is 5.69 Å². The highest BCUT2D eigenvalue weighted by Crippen LogP contribution is 2.41. The van der Waals surface area contributed by atoms with Crippen LogP contribution in [0.15, 0.2) is 47.9 Å². The third-order valence-corrected chi connectivity index (χ3v) is 6.52. The Bertz CT molecular complexity index is 1040. The quantitative estimate of drug-likeness (QED) is 0.582. The zero-order valence-electron chi connectivity index (χ0n) is 16.4. The van der Waals surface area contributed by atoms with E-state index >= 15 is 0 Å². The Morgan fingerprint density at radius 3 is 2.76 bits per heavy atom. The number of thioether (sulfide) groups is 1. The molecule has 29 heavy (non-hydrogen) atoms. The van der Waals surface area contributed by atoms with Gasteiger partial charge < -0.3 is 4.90 Å². The van der Waals surface area contributed by atoms with Gasteiger partial charge in [0.2, 0.25) is 5.91 Å². The van der Waals surface area contributed by atoms with Gasteiger partial charge in [0, 0.05) is 36.2 Å². The van der Waals surface area contributed by atoms with Crippen molar-refractivity contribution in [3.8, 4) is 11.4 Å². The van der Waals surface area contributed by atoms with Gasteiger partial charge in [0.1, 0.15) is 0 Å². The summed E-state index contributed by atoms with van der Waals surface area (Å²) >= 11 is 1.49. The molecule has 0 saturated heterocycles. The van der Waals surface area contributed by atoms with Crippen LogP contribution < -0.4 is 4.90 Å². The van der Waals surface area contributed by atoms with E-state index in [4.69, 9.17) is 0 Å². The Morgan fingerprint density at radius 1 is 1.17 bits per heavy atom. The van der Waals surface area contributed by atoms with E-state index in [9.17, 15) is 4.79 Å². The Morgan fingerprint density at radius 2 is 2.00 bits per heavy atom. The zero-order valence-corrected chi connectivity index (χ0v) is 17.2. The highest BCUT2D eigenvalue weighted by molar-refractivity contribution is 7.99. The van der Waals surface area contributed by atoms with Crippen LogP contribution in [0.3, 0.4) is 0 Å². The van der Waals surface area contributed by atoms with E-state index in [0.717, 1.165) is 54.5 Å². The van der Waals surface area contributed by atoms with Gasteiger partial charge in [-0.05, 0) is 55.0 Å². The van der Waals surface area contributed by atoms with E-state index in [-0.39, 0.29) is 5.91 Å². The molecule has 6 nitrogen and oxygen atoms in total. The lowest BCUT2D eigenvalue weighted by atomic mass is 10.1. The number of hydrogen-bond donors (Lipinski definition) is 0. The third-order valence-electron chi connectivity index (χ3n) is 5.59. The van der Waals surface area contributed by atoms with Gasteiger partial charge in [-0.2, -0.15) is 0 Å². The molecule has 0 bridgehead atoms. The zero-order chi connectivity index (χ0) is 19.8. The fourth-order valence-electron chi connectivity index (χ4n) is 3.87. The van der Waals surface area contributed by atoms with E-state index in [2.05, 4.69) is 44.9 Å². The van der Waals surface area contributed by atoms with Crippen molar-refractivity contribution in [3.63, 3.8) is 0 Å². The first-order valence-electron chi connectivity index (χ1n) is 10.1. The summed E-state index contributed by atoms with van der Waals surface area (Å²) in [6, 6.07) is 10.8. The average molecular weight is 406 g/mol. The smallest absolute Gasteiger partial charge is 0.237 e. The number of hydrogen-bond acceptors (Lipinski definition) is 5. The van der Waals surface area contributed by atoms with Crippen LogP contribution in [0, 0.1) is 0 Å². The van der Waals surface area contributed by atoms with Gasteiger partial charge in [0.15, 0.2) is 11.0 Å². The second-order valence-corrected chi connectivity index (χ2v) is 8.49. The molecule has 1 saturated carbocycles. The minimum atomic E-state index is 0.133. The first kappa shape index (κ1) is 18.4. The van der Waals surface area contributed by atoms with Gasteiger partial charge >= 0.3 is 0 Å². The second kappa shape index (κ2) is 7.63. The largest absolute Gasteiger partial charge is 0.311 e. The number of rotatable bonds is 6. The molecule has 148 valence electrons. The number of pyridine rings is 1. The molecule has 2 aliphatic rings. The summed E-state index contributed by atoms with van der Waals surface area (Å²) in [5, 5.41) is 9.65. The lowest BCUT2D eigenvalue weighted by Crippen LogP contribution is -2.30. The van der Waals surface area contributed by atoms with Crippen molar-refractivity contribution >= 4 is 23.4 Å². The minimum absolute atomic E-state index is 0.133. The molecule has 1 fully saturated rings.